The summed E-state index contributed by atoms with van der Waals surface area (Å²) in [6, 6.07) is 0.0227. The normalized spacial score (nSPS) is 12.4. The zero-order valence-corrected chi connectivity index (χ0v) is 7.42. The molecule has 0 saturated carbocycles. The fourth-order valence-corrected chi connectivity index (χ4v) is 0.913. The van der Waals surface area contributed by atoms with Gasteiger partial charge in [0.25, 0.3) is 0 Å². The van der Waals surface area contributed by atoms with Crippen molar-refractivity contribution in [2.24, 2.45) is 5.84 Å². The van der Waals surface area contributed by atoms with Crippen molar-refractivity contribution >= 4 is 6.03 Å². The van der Waals surface area contributed by atoms with Crippen molar-refractivity contribution in [3.63, 3.8) is 0 Å². The van der Waals surface area contributed by atoms with Crippen LogP contribution in [-0.4, -0.2) is 24.0 Å². The van der Waals surface area contributed by atoms with E-state index in [0.717, 1.165) is 12.8 Å². The van der Waals surface area contributed by atoms with Gasteiger partial charge in [0.2, 0.25) is 0 Å². The van der Waals surface area contributed by atoms with Gasteiger partial charge in [-0.3, -0.25) is 5.43 Å². The number of carbonyl (C=O) groups is 1. The molecule has 1 atom stereocenters. The highest BCUT2D eigenvalue weighted by atomic mass is 16.2. The Hall–Kier alpha value is -0.770. The number of urea groups is 1. The minimum Gasteiger partial charge on any atom is -0.324 e. The molecule has 0 aromatic carbocycles. The molecule has 0 aliphatic heterocycles. The standard InChI is InChI=1S/C7H17N3O/c1-4-5-6(2)10(3)7(11)9-8/h6H,4-5,8H2,1-3H3,(H,9,11). The molecular formula is C7H17N3O. The molecule has 66 valence electrons. The topological polar surface area (TPSA) is 58.4 Å². The van der Waals surface area contributed by atoms with Gasteiger partial charge in [0, 0.05) is 13.1 Å². The highest BCUT2D eigenvalue weighted by Gasteiger charge is 2.12. The lowest BCUT2D eigenvalue weighted by atomic mass is 10.2. The lowest BCUT2D eigenvalue weighted by Gasteiger charge is -2.23. The van der Waals surface area contributed by atoms with Crippen LogP contribution in [0.2, 0.25) is 0 Å². The van der Waals surface area contributed by atoms with E-state index in [2.05, 4.69) is 12.3 Å². The second kappa shape index (κ2) is 4.96. The SMILES string of the molecule is CCCC(C)N(C)C(=O)NN. The number of hydrogen-bond acceptors (Lipinski definition) is 2. The summed E-state index contributed by atoms with van der Waals surface area (Å²) in [5, 5.41) is 0. The fraction of sp³-hybridized carbons (Fsp3) is 0.857. The van der Waals surface area contributed by atoms with Crippen LogP contribution in [0.5, 0.6) is 0 Å². The highest BCUT2D eigenvalue weighted by molar-refractivity contribution is 5.73. The molecule has 0 fully saturated rings. The average molecular weight is 159 g/mol. The first-order valence-electron chi connectivity index (χ1n) is 3.86. The third kappa shape index (κ3) is 3.23. The van der Waals surface area contributed by atoms with Gasteiger partial charge >= 0.3 is 6.03 Å². The number of hydrazine groups is 1. The summed E-state index contributed by atoms with van der Waals surface area (Å²) >= 11 is 0. The Morgan fingerprint density at radius 1 is 1.73 bits per heavy atom. The Morgan fingerprint density at radius 2 is 2.27 bits per heavy atom. The van der Waals surface area contributed by atoms with Crippen molar-refractivity contribution in [3.05, 3.63) is 0 Å². The van der Waals surface area contributed by atoms with Gasteiger partial charge in [-0.15, -0.1) is 0 Å². The Kier molecular flexibility index (Phi) is 4.61. The average Bonchev–Trinajstić information content (AvgIpc) is 2.02. The highest BCUT2D eigenvalue weighted by Crippen LogP contribution is 2.02. The van der Waals surface area contributed by atoms with E-state index in [1.54, 1.807) is 11.9 Å². The molecule has 0 radical (unpaired) electrons. The first kappa shape index (κ1) is 10.2. The van der Waals surface area contributed by atoms with E-state index < -0.39 is 0 Å². The van der Waals surface area contributed by atoms with Gasteiger partial charge in [0.05, 0.1) is 0 Å². The minimum absolute atomic E-state index is 0.231. The van der Waals surface area contributed by atoms with Gasteiger partial charge in [-0.2, -0.15) is 0 Å². The minimum atomic E-state index is -0.231. The Bertz CT molecular complexity index is 127. The zero-order chi connectivity index (χ0) is 8.85. The number of rotatable bonds is 3. The van der Waals surface area contributed by atoms with Crippen molar-refractivity contribution in [3.8, 4) is 0 Å². The van der Waals surface area contributed by atoms with Crippen LogP contribution in [0.4, 0.5) is 4.79 Å². The molecule has 0 aromatic heterocycles. The quantitative estimate of drug-likeness (QED) is 0.361. The lowest BCUT2D eigenvalue weighted by molar-refractivity contribution is 0.191. The first-order chi connectivity index (χ1) is 5.13. The summed E-state index contributed by atoms with van der Waals surface area (Å²) in [7, 11) is 1.74. The Morgan fingerprint density at radius 3 is 2.64 bits per heavy atom. The van der Waals surface area contributed by atoms with E-state index in [1.165, 1.54) is 0 Å². The summed E-state index contributed by atoms with van der Waals surface area (Å²) in [6.07, 6.45) is 2.08. The predicted molar refractivity (Wildman–Crippen MR) is 44.9 cm³/mol. The van der Waals surface area contributed by atoms with Gasteiger partial charge < -0.3 is 4.90 Å². The van der Waals surface area contributed by atoms with E-state index in [4.69, 9.17) is 5.84 Å². The van der Waals surface area contributed by atoms with Gasteiger partial charge in [0.1, 0.15) is 0 Å². The second-order valence-electron chi connectivity index (χ2n) is 2.70. The van der Waals surface area contributed by atoms with Crippen LogP contribution in [0.25, 0.3) is 0 Å². The molecule has 0 spiro atoms. The maximum absolute atomic E-state index is 10.9. The van der Waals surface area contributed by atoms with Crippen LogP contribution in [-0.2, 0) is 0 Å². The molecule has 11 heavy (non-hydrogen) atoms. The number of nitrogens with zero attached hydrogens (tertiary/aromatic N) is 1. The molecule has 0 bridgehead atoms. The third-order valence-corrected chi connectivity index (χ3v) is 1.81. The summed E-state index contributed by atoms with van der Waals surface area (Å²) in [5.41, 5.74) is 2.09. The van der Waals surface area contributed by atoms with E-state index in [-0.39, 0.29) is 12.1 Å². The number of nitrogens with two attached hydrogens (primary N) is 1. The number of amides is 2. The summed E-state index contributed by atoms with van der Waals surface area (Å²) in [5.74, 6) is 4.97. The molecule has 4 nitrogen and oxygen atoms in total. The summed E-state index contributed by atoms with van der Waals surface area (Å²) in [4.78, 5) is 12.5. The molecule has 0 aliphatic carbocycles. The number of carbonyl (C=O) groups excluding carboxylic acids is 1. The van der Waals surface area contributed by atoms with Crippen molar-refractivity contribution < 1.29 is 4.79 Å². The van der Waals surface area contributed by atoms with Crippen LogP contribution in [0.15, 0.2) is 0 Å². The Labute approximate surface area is 67.7 Å². The van der Waals surface area contributed by atoms with Crippen LogP contribution in [0.1, 0.15) is 26.7 Å². The predicted octanol–water partition coefficient (Wildman–Crippen LogP) is 0.690. The van der Waals surface area contributed by atoms with Crippen molar-refractivity contribution in [2.75, 3.05) is 7.05 Å². The van der Waals surface area contributed by atoms with E-state index in [9.17, 15) is 4.79 Å². The van der Waals surface area contributed by atoms with Crippen LogP contribution >= 0.6 is 0 Å². The third-order valence-electron chi connectivity index (χ3n) is 1.81. The summed E-state index contributed by atoms with van der Waals surface area (Å²) < 4.78 is 0. The summed E-state index contributed by atoms with van der Waals surface area (Å²) in [6.45, 7) is 4.09. The van der Waals surface area contributed by atoms with Crippen molar-refractivity contribution in [2.45, 2.75) is 32.7 Å². The van der Waals surface area contributed by atoms with Gasteiger partial charge in [-0.05, 0) is 13.3 Å². The zero-order valence-electron chi connectivity index (χ0n) is 7.42. The van der Waals surface area contributed by atoms with Crippen molar-refractivity contribution in [1.82, 2.24) is 10.3 Å². The molecule has 1 unspecified atom stereocenters. The van der Waals surface area contributed by atoms with Crippen LogP contribution in [0, 0.1) is 0 Å². The van der Waals surface area contributed by atoms with Crippen LogP contribution in [0.3, 0.4) is 0 Å². The molecule has 0 aromatic rings. The van der Waals surface area contributed by atoms with Crippen molar-refractivity contribution in [1.29, 1.82) is 0 Å². The van der Waals surface area contributed by atoms with Gasteiger partial charge in [-0.1, -0.05) is 13.3 Å². The Balaban J connectivity index is 3.80. The lowest BCUT2D eigenvalue weighted by Crippen LogP contribution is -2.45. The molecule has 0 heterocycles. The maximum Gasteiger partial charge on any atom is 0.331 e. The monoisotopic (exact) mass is 159 g/mol. The largest absolute Gasteiger partial charge is 0.331 e. The fourth-order valence-electron chi connectivity index (χ4n) is 0.913. The van der Waals surface area contributed by atoms with Gasteiger partial charge in [-0.25, -0.2) is 10.6 Å². The smallest absolute Gasteiger partial charge is 0.324 e. The molecular weight excluding hydrogens is 142 g/mol. The number of nitrogens with one attached hydrogen (secondary N) is 1. The molecule has 3 N–H and O–H groups in total. The molecule has 0 rings (SSSR count). The molecule has 0 aliphatic rings. The van der Waals surface area contributed by atoms with Gasteiger partial charge in [0.15, 0.2) is 0 Å². The first-order valence-corrected chi connectivity index (χ1v) is 3.86. The number of hydrogen-bond donors (Lipinski definition) is 2. The van der Waals surface area contributed by atoms with E-state index in [1.807, 2.05) is 6.92 Å². The van der Waals surface area contributed by atoms with E-state index >= 15 is 0 Å². The van der Waals surface area contributed by atoms with E-state index in [0.29, 0.717) is 0 Å². The maximum atomic E-state index is 10.9. The van der Waals surface area contributed by atoms with Crippen LogP contribution < -0.4 is 11.3 Å². The molecule has 2 amide bonds. The second-order valence-corrected chi connectivity index (χ2v) is 2.70. The molecule has 0 saturated heterocycles. The molecule has 4 heteroatoms.